The molecular formula is C27H34N9O18P3. The van der Waals surface area contributed by atoms with Crippen LogP contribution in [0, 0.1) is 13.8 Å². The second-order valence-corrected chi connectivity index (χ2v) is 16.9. The third-order valence-electron chi connectivity index (χ3n) is 8.63. The van der Waals surface area contributed by atoms with E-state index < -0.39 is 97.3 Å². The van der Waals surface area contributed by atoms with E-state index in [4.69, 9.17) is 15.0 Å². The molecule has 0 aliphatic carbocycles. The average Bonchev–Trinajstić information content (AvgIpc) is 3.67. The number of aryl methyl sites for hydroxylation is 2. The zero-order chi connectivity index (χ0) is 41.8. The van der Waals surface area contributed by atoms with E-state index in [0.29, 0.717) is 0 Å². The minimum Gasteiger partial charge on any atom is -0.388 e. The molecule has 0 spiro atoms. The topological polar surface area (TPSA) is 409 Å². The zero-order valence-electron chi connectivity index (χ0n) is 29.2. The standard InChI is InChI=1S/C27H34N9O18P3/c1-10-3-12-13(4-11(10)2)35(24-18(32-12)25(41)34-27(42)33-24)5-14(37)19(39)15(38)6-50-56(46,47)54-57(48,49)51-7-16-21(53-55(43,44)45)20(40)26(52-16)36-9-31-17-22(28)29-8-30-23(17)36/h3-4,8-9,14-16,19-21,26,37-40H,5-7H2,1-2H3,(H,46,47)(H,48,49)(H2,28,29,30)(H,34,41,42)(H2,43,44,45)/t14-,15+,16+,19-,20+,21+,26+/m0/s1. The lowest BCUT2D eigenvalue weighted by Gasteiger charge is -2.26. The van der Waals surface area contributed by atoms with E-state index in [1.165, 1.54) is 4.57 Å². The number of rotatable bonds is 15. The fourth-order valence-corrected chi connectivity index (χ4v) is 8.50. The molecule has 1 aromatic carbocycles. The Morgan fingerprint density at radius 3 is 2.35 bits per heavy atom. The first-order valence-corrected chi connectivity index (χ1v) is 20.7. The highest BCUT2D eigenvalue weighted by Gasteiger charge is 2.50. The number of fused-ring (bicyclic) bond motifs is 3. The lowest BCUT2D eigenvalue weighted by Crippen LogP contribution is -2.42. The summed E-state index contributed by atoms with van der Waals surface area (Å²) in [6.45, 7) is 0.428. The van der Waals surface area contributed by atoms with Gasteiger partial charge in [-0.25, -0.2) is 38.4 Å². The Morgan fingerprint density at radius 2 is 1.65 bits per heavy atom. The van der Waals surface area contributed by atoms with Crippen molar-refractivity contribution in [2.45, 2.75) is 63.2 Å². The Hall–Kier alpha value is -3.98. The van der Waals surface area contributed by atoms with Gasteiger partial charge in [-0.3, -0.25) is 27.9 Å². The molecule has 5 heterocycles. The largest absolute Gasteiger partial charge is 0.481 e. The van der Waals surface area contributed by atoms with Crippen LogP contribution in [0.1, 0.15) is 17.4 Å². The molecule has 1 fully saturated rings. The van der Waals surface area contributed by atoms with Crippen LogP contribution in [0.4, 0.5) is 5.82 Å². The quantitative estimate of drug-likeness (QED) is 0.0390. The van der Waals surface area contributed by atoms with E-state index in [1.807, 2.05) is 4.98 Å². The zero-order valence-corrected chi connectivity index (χ0v) is 31.9. The molecule has 3 aliphatic rings. The van der Waals surface area contributed by atoms with Crippen molar-refractivity contribution in [2.24, 2.45) is 0 Å². The van der Waals surface area contributed by atoms with Gasteiger partial charge in [0.05, 0.1) is 37.1 Å². The van der Waals surface area contributed by atoms with Crippen LogP contribution >= 0.6 is 23.5 Å². The highest BCUT2D eigenvalue weighted by molar-refractivity contribution is 7.61. The highest BCUT2D eigenvalue weighted by atomic mass is 31.3. The summed E-state index contributed by atoms with van der Waals surface area (Å²) in [5.41, 5.74) is 5.69. The maximum Gasteiger partial charge on any atom is 0.481 e. The molecule has 57 heavy (non-hydrogen) atoms. The molecular weight excluding hydrogens is 831 g/mol. The molecule has 2 unspecified atom stereocenters. The molecule has 0 amide bonds. The first-order chi connectivity index (χ1) is 26.5. The van der Waals surface area contributed by atoms with E-state index in [1.54, 1.807) is 26.0 Å². The van der Waals surface area contributed by atoms with Gasteiger partial charge >= 0.3 is 29.2 Å². The number of aromatic nitrogens is 8. The summed E-state index contributed by atoms with van der Waals surface area (Å²) in [5, 5.41) is 43.0. The number of phosphoric ester groups is 3. The molecule has 9 atom stereocenters. The normalized spacial score (nSPS) is 22.8. The van der Waals surface area contributed by atoms with Crippen molar-refractivity contribution < 1.29 is 76.3 Å². The van der Waals surface area contributed by atoms with Crippen molar-refractivity contribution in [3.8, 4) is 11.5 Å². The summed E-state index contributed by atoms with van der Waals surface area (Å²) in [6, 6.07) is 3.25. The Kier molecular flexibility index (Phi) is 12.0. The molecule has 30 heteroatoms. The number of hydrogen-bond donors (Lipinski definition) is 10. The number of aliphatic hydroxyl groups is 4. The number of nitrogen functional groups attached to an aromatic ring is 1. The molecule has 6 rings (SSSR count). The van der Waals surface area contributed by atoms with Crippen molar-refractivity contribution >= 4 is 51.5 Å². The van der Waals surface area contributed by atoms with Gasteiger partial charge in [0.25, 0.3) is 5.56 Å². The van der Waals surface area contributed by atoms with E-state index in [2.05, 4.69) is 38.3 Å². The van der Waals surface area contributed by atoms with Gasteiger partial charge in [0.15, 0.2) is 29.2 Å². The van der Waals surface area contributed by atoms with Gasteiger partial charge in [-0.15, -0.1) is 0 Å². The summed E-state index contributed by atoms with van der Waals surface area (Å²) in [7, 11) is -16.7. The average molecular weight is 866 g/mol. The first-order valence-electron chi connectivity index (χ1n) is 16.2. The number of benzene rings is 1. The van der Waals surface area contributed by atoms with Crippen LogP contribution in [0.15, 0.2) is 34.4 Å². The van der Waals surface area contributed by atoms with Gasteiger partial charge in [0.1, 0.15) is 48.5 Å². The lowest BCUT2D eigenvalue weighted by molar-refractivity contribution is -0.0794. The van der Waals surface area contributed by atoms with E-state index in [9.17, 15) is 63.3 Å². The van der Waals surface area contributed by atoms with Crippen LogP contribution < -0.4 is 17.0 Å². The number of hydrogen-bond acceptors (Lipinski definition) is 20. The van der Waals surface area contributed by atoms with Crippen LogP contribution in [0.5, 0.6) is 0 Å². The lowest BCUT2D eigenvalue weighted by atomic mass is 10.1. The first kappa shape index (κ1) is 42.6. The second kappa shape index (κ2) is 16.0. The van der Waals surface area contributed by atoms with Crippen LogP contribution in [0.3, 0.4) is 0 Å². The summed E-state index contributed by atoms with van der Waals surface area (Å²) < 4.78 is 63.0. The monoisotopic (exact) mass is 865 g/mol. The maximum absolute atomic E-state index is 12.7. The SMILES string of the molecule is Cc1cc2nc3c(=O)[nH]c(=O)nc-3n(C[C@H](O)[C@H](O)[C@H](O)COP(=O)(O)OP(=O)(O)OC[C@H]3O[C@@H](n4cnc5c(N)ncnc54)[C@H](O)[C@@H]3OP(=O)(O)O)c2cc1C. The Balaban J connectivity index is 1.10. The molecule has 1 saturated heterocycles. The number of nitrogens with one attached hydrogen (secondary N) is 1. The number of anilines is 1. The van der Waals surface area contributed by atoms with Crippen LogP contribution in [0.25, 0.3) is 33.7 Å². The maximum atomic E-state index is 12.7. The molecule has 310 valence electrons. The van der Waals surface area contributed by atoms with Crippen molar-refractivity contribution in [3.63, 3.8) is 0 Å². The van der Waals surface area contributed by atoms with E-state index >= 15 is 0 Å². The number of nitrogens with zero attached hydrogens (tertiary/aromatic N) is 7. The number of nitrogens with two attached hydrogens (primary N) is 1. The van der Waals surface area contributed by atoms with Crippen molar-refractivity contribution in [1.82, 2.24) is 39.0 Å². The van der Waals surface area contributed by atoms with E-state index in [0.717, 1.165) is 28.3 Å². The third-order valence-corrected chi connectivity index (χ3v) is 11.7. The van der Waals surface area contributed by atoms with Crippen molar-refractivity contribution in [2.75, 3.05) is 18.9 Å². The van der Waals surface area contributed by atoms with Crippen LogP contribution in [0.2, 0.25) is 0 Å². The molecule has 0 saturated carbocycles. The third kappa shape index (κ3) is 9.34. The van der Waals surface area contributed by atoms with Crippen LogP contribution in [-0.2, 0) is 42.9 Å². The predicted octanol–water partition coefficient (Wildman–Crippen LogP) is -2.31. The fourth-order valence-electron chi connectivity index (χ4n) is 5.83. The molecule has 0 radical (unpaired) electrons. The molecule has 0 bridgehead atoms. The number of aliphatic hydroxyl groups excluding tert-OH is 4. The Bertz CT molecular complexity index is 2550. The molecule has 3 aromatic rings. The molecule has 27 nitrogen and oxygen atoms in total. The summed E-state index contributed by atoms with van der Waals surface area (Å²) in [5.74, 6) is -0.333. The number of aromatic amines is 1. The minimum atomic E-state index is -5.67. The van der Waals surface area contributed by atoms with Gasteiger partial charge in [-0.2, -0.15) is 9.29 Å². The number of ether oxygens (including phenoxy) is 1. The van der Waals surface area contributed by atoms with Gasteiger partial charge in [-0.1, -0.05) is 0 Å². The van der Waals surface area contributed by atoms with Gasteiger partial charge in [-0.05, 0) is 37.1 Å². The van der Waals surface area contributed by atoms with Crippen LogP contribution in [-0.4, -0.2) is 129 Å². The molecule has 2 aromatic heterocycles. The Labute approximate surface area is 317 Å². The van der Waals surface area contributed by atoms with E-state index in [-0.39, 0.29) is 39.5 Å². The van der Waals surface area contributed by atoms with Crippen molar-refractivity contribution in [3.05, 3.63) is 56.8 Å². The second-order valence-electron chi connectivity index (χ2n) is 12.6. The fraction of sp³-hybridized carbons (Fsp3) is 0.444. The molecule has 11 N–H and O–H groups in total. The number of H-pyrrole nitrogens is 1. The van der Waals surface area contributed by atoms with Gasteiger partial charge < -0.3 is 55.0 Å². The summed E-state index contributed by atoms with van der Waals surface area (Å²) in [6.07, 6.45) is -11.4. The molecule has 3 aliphatic heterocycles. The van der Waals surface area contributed by atoms with Crippen molar-refractivity contribution in [1.29, 1.82) is 0 Å². The Morgan fingerprint density at radius 1 is 0.965 bits per heavy atom. The number of imidazole rings is 1. The predicted molar refractivity (Wildman–Crippen MR) is 188 cm³/mol. The van der Waals surface area contributed by atoms with Gasteiger partial charge in [0.2, 0.25) is 0 Å². The minimum absolute atomic E-state index is 0.00660. The summed E-state index contributed by atoms with van der Waals surface area (Å²) in [4.78, 5) is 85.6. The summed E-state index contributed by atoms with van der Waals surface area (Å²) >= 11 is 0. The number of phosphoric acid groups is 3. The highest BCUT2D eigenvalue weighted by Crippen LogP contribution is 2.61. The van der Waals surface area contributed by atoms with Gasteiger partial charge in [0, 0.05) is 0 Å². The smallest absolute Gasteiger partial charge is 0.388 e.